The molecule has 0 unspecified atom stereocenters. The highest BCUT2D eigenvalue weighted by Crippen LogP contribution is 2.47. The van der Waals surface area contributed by atoms with Crippen molar-refractivity contribution in [2.24, 2.45) is 0 Å². The van der Waals surface area contributed by atoms with E-state index in [1.165, 1.54) is 9.79 Å². The summed E-state index contributed by atoms with van der Waals surface area (Å²) in [5.74, 6) is 2.47. The molecule has 0 spiro atoms. The number of fused-ring (bicyclic) bond motifs is 1. The molecular weight excluding hydrogens is 200 g/mol. The molecule has 0 saturated heterocycles. The topological polar surface area (TPSA) is 9.23 Å². The third-order valence-electron chi connectivity index (χ3n) is 1.60. The molecule has 0 radical (unpaired) electrons. The molecule has 1 aromatic rings. The summed E-state index contributed by atoms with van der Waals surface area (Å²) in [5, 5.41) is 0. The van der Waals surface area contributed by atoms with Crippen molar-refractivity contribution < 1.29 is 4.74 Å². The van der Waals surface area contributed by atoms with Crippen LogP contribution < -0.4 is 0 Å². The molecular formula is C10H8OS2. The molecule has 0 aromatic heterocycles. The van der Waals surface area contributed by atoms with Crippen LogP contribution in [-0.2, 0) is 4.74 Å². The van der Waals surface area contributed by atoms with Gasteiger partial charge in [0, 0.05) is 9.79 Å². The average Bonchev–Trinajstić information content (AvgIpc) is 2.57. The highest BCUT2D eigenvalue weighted by Gasteiger charge is 2.22. The summed E-state index contributed by atoms with van der Waals surface area (Å²) in [7, 11) is 0. The summed E-state index contributed by atoms with van der Waals surface area (Å²) in [5.41, 5.74) is 0. The number of terminal acetylenes is 1. The van der Waals surface area contributed by atoms with E-state index in [9.17, 15) is 0 Å². The number of benzene rings is 1. The van der Waals surface area contributed by atoms with Gasteiger partial charge in [-0.25, -0.2) is 0 Å². The lowest BCUT2D eigenvalue weighted by Crippen LogP contribution is -1.99. The second kappa shape index (κ2) is 4.10. The zero-order valence-corrected chi connectivity index (χ0v) is 8.53. The Balaban J connectivity index is 2.02. The van der Waals surface area contributed by atoms with E-state index < -0.39 is 0 Å². The summed E-state index contributed by atoms with van der Waals surface area (Å²) >= 11 is 3.44. The van der Waals surface area contributed by atoms with E-state index in [4.69, 9.17) is 11.2 Å². The van der Waals surface area contributed by atoms with Gasteiger partial charge in [-0.3, -0.25) is 0 Å². The summed E-state index contributed by atoms with van der Waals surface area (Å²) in [6.07, 6.45) is 5.12. The molecule has 66 valence electrons. The maximum absolute atomic E-state index is 5.42. The van der Waals surface area contributed by atoms with Crippen molar-refractivity contribution in [3.63, 3.8) is 0 Å². The van der Waals surface area contributed by atoms with Gasteiger partial charge in [0.1, 0.15) is 6.61 Å². The van der Waals surface area contributed by atoms with E-state index in [0.717, 1.165) is 0 Å². The van der Waals surface area contributed by atoms with Gasteiger partial charge in [-0.1, -0.05) is 41.6 Å². The Morgan fingerprint density at radius 1 is 1.31 bits per heavy atom. The predicted octanol–water partition coefficient (Wildman–Crippen LogP) is 2.82. The van der Waals surface area contributed by atoms with Crippen LogP contribution in [0.2, 0.25) is 0 Å². The normalized spacial score (nSPS) is 15.3. The molecule has 2 rings (SSSR count). The second-order valence-electron chi connectivity index (χ2n) is 2.49. The third kappa shape index (κ3) is 2.02. The standard InChI is InChI=1S/C10H8OS2/c1-2-7-11-10-12-8-5-3-4-6-9(8)13-10/h1,3-6,10H,7H2. The quantitative estimate of drug-likeness (QED) is 0.692. The van der Waals surface area contributed by atoms with Crippen LogP contribution in [0.5, 0.6) is 0 Å². The summed E-state index contributed by atoms with van der Waals surface area (Å²) in [6.45, 7) is 0.388. The summed E-state index contributed by atoms with van der Waals surface area (Å²) in [4.78, 5) is 2.57. The van der Waals surface area contributed by atoms with Gasteiger partial charge in [0.05, 0.1) is 0 Å². The molecule has 1 aliphatic rings. The SMILES string of the molecule is C#CCOC1Sc2ccccc2S1. The maximum Gasteiger partial charge on any atom is 0.159 e. The largest absolute Gasteiger partial charge is 0.344 e. The molecule has 0 aliphatic carbocycles. The smallest absolute Gasteiger partial charge is 0.159 e. The van der Waals surface area contributed by atoms with Crippen molar-refractivity contribution >= 4 is 23.5 Å². The first kappa shape index (κ1) is 9.01. The summed E-state index contributed by atoms with van der Waals surface area (Å²) in [6, 6.07) is 8.28. The average molecular weight is 208 g/mol. The van der Waals surface area contributed by atoms with Gasteiger partial charge in [0.25, 0.3) is 0 Å². The van der Waals surface area contributed by atoms with Crippen LogP contribution in [0.1, 0.15) is 0 Å². The minimum absolute atomic E-state index is 0.133. The molecule has 1 heterocycles. The van der Waals surface area contributed by atoms with E-state index in [0.29, 0.717) is 6.61 Å². The number of ether oxygens (including phenoxy) is 1. The number of hydrogen-bond donors (Lipinski definition) is 0. The van der Waals surface area contributed by atoms with Crippen molar-refractivity contribution in [3.8, 4) is 12.3 Å². The molecule has 0 amide bonds. The van der Waals surface area contributed by atoms with Gasteiger partial charge in [-0.15, -0.1) is 6.42 Å². The van der Waals surface area contributed by atoms with Crippen LogP contribution >= 0.6 is 23.5 Å². The van der Waals surface area contributed by atoms with Crippen molar-refractivity contribution in [3.05, 3.63) is 24.3 Å². The highest BCUT2D eigenvalue weighted by molar-refractivity contribution is 8.19. The van der Waals surface area contributed by atoms with Gasteiger partial charge in [0.2, 0.25) is 0 Å². The Morgan fingerprint density at radius 2 is 1.92 bits per heavy atom. The molecule has 0 atom stereocenters. The molecule has 3 heteroatoms. The van der Waals surface area contributed by atoms with E-state index in [1.54, 1.807) is 23.5 Å². The number of thioether (sulfide) groups is 2. The molecule has 0 bridgehead atoms. The Morgan fingerprint density at radius 3 is 2.46 bits per heavy atom. The van der Waals surface area contributed by atoms with Crippen LogP contribution in [0, 0.1) is 12.3 Å². The highest BCUT2D eigenvalue weighted by atomic mass is 32.2. The van der Waals surface area contributed by atoms with Crippen LogP contribution in [0.25, 0.3) is 0 Å². The Hall–Kier alpha value is -0.560. The lowest BCUT2D eigenvalue weighted by atomic mass is 10.4. The van der Waals surface area contributed by atoms with Crippen LogP contribution in [0.4, 0.5) is 0 Å². The van der Waals surface area contributed by atoms with E-state index in [2.05, 4.69) is 18.1 Å². The Kier molecular flexibility index (Phi) is 2.84. The fraction of sp³-hybridized carbons (Fsp3) is 0.200. The lowest BCUT2D eigenvalue weighted by molar-refractivity contribution is 0.201. The van der Waals surface area contributed by atoms with E-state index >= 15 is 0 Å². The fourth-order valence-corrected chi connectivity index (χ4v) is 3.53. The molecule has 13 heavy (non-hydrogen) atoms. The molecule has 0 N–H and O–H groups in total. The minimum Gasteiger partial charge on any atom is -0.344 e. The van der Waals surface area contributed by atoms with Gasteiger partial charge in [0.15, 0.2) is 4.77 Å². The second-order valence-corrected chi connectivity index (χ2v) is 4.99. The van der Waals surface area contributed by atoms with E-state index in [1.807, 2.05) is 12.1 Å². The first-order valence-corrected chi connectivity index (χ1v) is 5.63. The van der Waals surface area contributed by atoms with Crippen LogP contribution in [0.15, 0.2) is 34.1 Å². The van der Waals surface area contributed by atoms with Gasteiger partial charge < -0.3 is 4.74 Å². The fourth-order valence-electron chi connectivity index (χ4n) is 1.06. The Labute approximate surface area is 86.2 Å². The van der Waals surface area contributed by atoms with Gasteiger partial charge in [-0.2, -0.15) is 0 Å². The monoisotopic (exact) mass is 208 g/mol. The molecule has 1 nitrogen and oxygen atoms in total. The Bertz CT molecular complexity index is 318. The van der Waals surface area contributed by atoms with E-state index in [-0.39, 0.29) is 4.77 Å². The number of rotatable bonds is 2. The zero-order valence-electron chi connectivity index (χ0n) is 6.90. The zero-order chi connectivity index (χ0) is 9.10. The molecule has 0 fully saturated rings. The van der Waals surface area contributed by atoms with Crippen molar-refractivity contribution in [2.75, 3.05) is 6.61 Å². The van der Waals surface area contributed by atoms with Gasteiger partial charge >= 0.3 is 0 Å². The lowest BCUT2D eigenvalue weighted by Gasteiger charge is -2.05. The van der Waals surface area contributed by atoms with Crippen molar-refractivity contribution in [1.82, 2.24) is 0 Å². The van der Waals surface area contributed by atoms with Crippen molar-refractivity contribution in [1.29, 1.82) is 0 Å². The third-order valence-corrected chi connectivity index (χ3v) is 4.18. The number of hydrogen-bond acceptors (Lipinski definition) is 3. The first-order chi connectivity index (χ1) is 6.40. The molecule has 0 saturated carbocycles. The molecule has 1 aliphatic heterocycles. The molecule has 1 aromatic carbocycles. The van der Waals surface area contributed by atoms with Crippen molar-refractivity contribution in [2.45, 2.75) is 14.6 Å². The maximum atomic E-state index is 5.42. The first-order valence-electron chi connectivity index (χ1n) is 3.87. The van der Waals surface area contributed by atoms with Crippen LogP contribution in [0.3, 0.4) is 0 Å². The van der Waals surface area contributed by atoms with Crippen LogP contribution in [-0.4, -0.2) is 11.4 Å². The van der Waals surface area contributed by atoms with Gasteiger partial charge in [-0.05, 0) is 12.1 Å². The predicted molar refractivity (Wildman–Crippen MR) is 56.7 cm³/mol. The summed E-state index contributed by atoms with van der Waals surface area (Å²) < 4.78 is 5.56. The minimum atomic E-state index is 0.133.